The standard InChI is InChI=1S/C14H19BrN2O2/c1-9-6-7-17(8-12(9)18)13(14(16)19)10-2-4-11(15)5-3-10/h2-5,9,12-13,18H,6-8H2,1H3,(H2,16,19). The van der Waals surface area contributed by atoms with Crippen molar-refractivity contribution in [1.29, 1.82) is 0 Å². The Bertz CT molecular complexity index is 449. The van der Waals surface area contributed by atoms with Crippen LogP contribution in [0.15, 0.2) is 28.7 Å². The second kappa shape index (κ2) is 6.03. The van der Waals surface area contributed by atoms with Crippen LogP contribution < -0.4 is 5.73 Å². The summed E-state index contributed by atoms with van der Waals surface area (Å²) in [5.41, 5.74) is 6.42. The van der Waals surface area contributed by atoms with Gasteiger partial charge in [0.1, 0.15) is 6.04 Å². The molecule has 4 nitrogen and oxygen atoms in total. The molecule has 1 fully saturated rings. The van der Waals surface area contributed by atoms with Crippen molar-refractivity contribution in [3.8, 4) is 0 Å². The second-order valence-corrected chi connectivity index (χ2v) is 6.10. The third-order valence-corrected chi connectivity index (χ3v) is 4.30. The summed E-state index contributed by atoms with van der Waals surface area (Å²) in [6, 6.07) is 7.12. The first kappa shape index (κ1) is 14.5. The molecule has 2 rings (SSSR count). The molecule has 1 heterocycles. The Balaban J connectivity index is 2.21. The first-order valence-electron chi connectivity index (χ1n) is 6.46. The zero-order valence-corrected chi connectivity index (χ0v) is 12.5. The summed E-state index contributed by atoms with van der Waals surface area (Å²) in [7, 11) is 0. The molecule has 0 radical (unpaired) electrons. The highest BCUT2D eigenvalue weighted by atomic mass is 79.9. The van der Waals surface area contributed by atoms with Crippen molar-refractivity contribution in [2.45, 2.75) is 25.5 Å². The minimum absolute atomic E-state index is 0.273. The van der Waals surface area contributed by atoms with E-state index in [0.29, 0.717) is 6.54 Å². The monoisotopic (exact) mass is 326 g/mol. The molecule has 1 aliphatic heterocycles. The van der Waals surface area contributed by atoms with Crippen LogP contribution >= 0.6 is 15.9 Å². The van der Waals surface area contributed by atoms with E-state index in [4.69, 9.17) is 5.73 Å². The Morgan fingerprint density at radius 1 is 1.47 bits per heavy atom. The largest absolute Gasteiger partial charge is 0.392 e. The summed E-state index contributed by atoms with van der Waals surface area (Å²) >= 11 is 3.38. The highest BCUT2D eigenvalue weighted by Gasteiger charge is 2.32. The van der Waals surface area contributed by atoms with E-state index in [0.717, 1.165) is 23.0 Å². The second-order valence-electron chi connectivity index (χ2n) is 5.18. The van der Waals surface area contributed by atoms with Crippen molar-refractivity contribution in [3.05, 3.63) is 34.3 Å². The lowest BCUT2D eigenvalue weighted by Crippen LogP contribution is -2.48. The molecule has 0 bridgehead atoms. The maximum Gasteiger partial charge on any atom is 0.239 e. The number of nitrogens with two attached hydrogens (primary N) is 1. The zero-order chi connectivity index (χ0) is 14.0. The molecule has 1 amide bonds. The number of nitrogens with zero attached hydrogens (tertiary/aromatic N) is 1. The first-order valence-corrected chi connectivity index (χ1v) is 7.25. The maximum atomic E-state index is 11.8. The fraction of sp³-hybridized carbons (Fsp3) is 0.500. The minimum atomic E-state index is -0.463. The van der Waals surface area contributed by atoms with Gasteiger partial charge in [0.2, 0.25) is 5.91 Å². The van der Waals surface area contributed by atoms with Crippen LogP contribution in [0.5, 0.6) is 0 Å². The number of amides is 1. The fourth-order valence-corrected chi connectivity index (χ4v) is 2.77. The number of likely N-dealkylation sites (tertiary alicyclic amines) is 1. The van der Waals surface area contributed by atoms with Gasteiger partial charge in [-0.1, -0.05) is 35.0 Å². The van der Waals surface area contributed by atoms with Crippen LogP contribution in [0.4, 0.5) is 0 Å². The van der Waals surface area contributed by atoms with Gasteiger partial charge in [-0.3, -0.25) is 9.69 Å². The SMILES string of the molecule is CC1CCN(C(C(N)=O)c2ccc(Br)cc2)CC1O. The Morgan fingerprint density at radius 2 is 2.11 bits per heavy atom. The number of carbonyl (C=O) groups is 1. The molecule has 0 spiro atoms. The van der Waals surface area contributed by atoms with Crippen LogP contribution in [-0.4, -0.2) is 35.1 Å². The molecule has 1 aromatic carbocycles. The van der Waals surface area contributed by atoms with Crippen LogP contribution in [0.25, 0.3) is 0 Å². The average molecular weight is 327 g/mol. The Labute approximate surface area is 121 Å². The Hall–Kier alpha value is -0.910. The van der Waals surface area contributed by atoms with Crippen molar-refractivity contribution in [3.63, 3.8) is 0 Å². The molecule has 0 aromatic heterocycles. The highest BCUT2D eigenvalue weighted by Crippen LogP contribution is 2.27. The maximum absolute atomic E-state index is 11.8. The summed E-state index contributed by atoms with van der Waals surface area (Å²) < 4.78 is 0.965. The Morgan fingerprint density at radius 3 is 2.63 bits per heavy atom. The van der Waals surface area contributed by atoms with Gasteiger partial charge in [0, 0.05) is 11.0 Å². The smallest absolute Gasteiger partial charge is 0.239 e. The van der Waals surface area contributed by atoms with Gasteiger partial charge >= 0.3 is 0 Å². The van der Waals surface area contributed by atoms with Gasteiger partial charge in [0.15, 0.2) is 0 Å². The molecule has 5 heteroatoms. The molecule has 1 aromatic rings. The number of halogens is 1. The zero-order valence-electron chi connectivity index (χ0n) is 10.9. The number of aliphatic hydroxyl groups excluding tert-OH is 1. The van der Waals surface area contributed by atoms with E-state index >= 15 is 0 Å². The minimum Gasteiger partial charge on any atom is -0.392 e. The molecule has 3 N–H and O–H groups in total. The molecule has 3 atom stereocenters. The number of benzene rings is 1. The molecule has 1 aliphatic rings. The summed E-state index contributed by atoms with van der Waals surface area (Å²) in [6.45, 7) is 3.30. The lowest BCUT2D eigenvalue weighted by Gasteiger charge is -2.38. The van der Waals surface area contributed by atoms with Gasteiger partial charge in [0.25, 0.3) is 0 Å². The molecule has 0 saturated carbocycles. The van der Waals surface area contributed by atoms with Gasteiger partial charge in [-0.25, -0.2) is 0 Å². The normalized spacial score (nSPS) is 26.1. The number of hydrogen-bond donors (Lipinski definition) is 2. The van der Waals surface area contributed by atoms with E-state index < -0.39 is 12.1 Å². The van der Waals surface area contributed by atoms with E-state index in [1.54, 1.807) is 0 Å². The van der Waals surface area contributed by atoms with Crippen molar-refractivity contribution < 1.29 is 9.90 Å². The van der Waals surface area contributed by atoms with E-state index in [1.807, 2.05) is 36.1 Å². The van der Waals surface area contributed by atoms with Crippen molar-refractivity contribution in [2.75, 3.05) is 13.1 Å². The van der Waals surface area contributed by atoms with Crippen LogP contribution in [0.3, 0.4) is 0 Å². The van der Waals surface area contributed by atoms with Crippen molar-refractivity contribution in [1.82, 2.24) is 4.90 Å². The molecular formula is C14H19BrN2O2. The van der Waals surface area contributed by atoms with E-state index in [-0.39, 0.29) is 11.8 Å². The molecule has 104 valence electrons. The summed E-state index contributed by atoms with van der Waals surface area (Å²) in [6.07, 6.45) is 0.479. The average Bonchev–Trinajstić information content (AvgIpc) is 2.36. The lowest BCUT2D eigenvalue weighted by atomic mass is 9.93. The van der Waals surface area contributed by atoms with Crippen LogP contribution in [0.1, 0.15) is 24.9 Å². The number of carbonyl (C=O) groups excluding carboxylic acids is 1. The van der Waals surface area contributed by atoms with E-state index in [1.165, 1.54) is 0 Å². The van der Waals surface area contributed by atoms with Crippen LogP contribution in [0, 0.1) is 5.92 Å². The van der Waals surface area contributed by atoms with E-state index in [2.05, 4.69) is 15.9 Å². The number of primary amides is 1. The third-order valence-electron chi connectivity index (χ3n) is 3.77. The number of hydrogen-bond acceptors (Lipinski definition) is 3. The Kier molecular flexibility index (Phi) is 4.60. The van der Waals surface area contributed by atoms with Crippen LogP contribution in [0.2, 0.25) is 0 Å². The van der Waals surface area contributed by atoms with Gasteiger partial charge < -0.3 is 10.8 Å². The predicted molar refractivity (Wildman–Crippen MR) is 77.4 cm³/mol. The quantitative estimate of drug-likeness (QED) is 0.888. The molecule has 1 saturated heterocycles. The van der Waals surface area contributed by atoms with Crippen molar-refractivity contribution >= 4 is 21.8 Å². The van der Waals surface area contributed by atoms with Crippen LogP contribution in [-0.2, 0) is 4.79 Å². The van der Waals surface area contributed by atoms with E-state index in [9.17, 15) is 9.90 Å². The van der Waals surface area contributed by atoms with Gasteiger partial charge in [0.05, 0.1) is 6.10 Å². The van der Waals surface area contributed by atoms with Gasteiger partial charge in [-0.05, 0) is 36.6 Å². The summed E-state index contributed by atoms with van der Waals surface area (Å²) in [5.74, 6) is -0.0984. The first-order chi connectivity index (χ1) is 8.99. The third kappa shape index (κ3) is 3.35. The predicted octanol–water partition coefficient (Wildman–Crippen LogP) is 1.68. The fourth-order valence-electron chi connectivity index (χ4n) is 2.51. The summed E-state index contributed by atoms with van der Waals surface area (Å²) in [4.78, 5) is 13.7. The number of rotatable bonds is 3. The number of aliphatic hydroxyl groups is 1. The van der Waals surface area contributed by atoms with Crippen molar-refractivity contribution in [2.24, 2.45) is 11.7 Å². The number of piperidine rings is 1. The molecule has 19 heavy (non-hydrogen) atoms. The summed E-state index contributed by atoms with van der Waals surface area (Å²) in [5, 5.41) is 9.97. The molecule has 3 unspecified atom stereocenters. The molecular weight excluding hydrogens is 308 g/mol. The highest BCUT2D eigenvalue weighted by molar-refractivity contribution is 9.10. The lowest BCUT2D eigenvalue weighted by molar-refractivity contribution is -0.125. The molecule has 0 aliphatic carbocycles. The number of β-amino-alcohol motifs (C(OH)–C–C–N with tert-alkyl or cyclic N) is 1. The topological polar surface area (TPSA) is 66.6 Å². The van der Waals surface area contributed by atoms with Gasteiger partial charge in [-0.15, -0.1) is 0 Å². The van der Waals surface area contributed by atoms with Gasteiger partial charge in [-0.2, -0.15) is 0 Å².